The first-order valence-corrected chi connectivity index (χ1v) is 6.11. The number of nitrogens with two attached hydrogens (primary N) is 1. The van der Waals surface area contributed by atoms with Crippen molar-refractivity contribution in [1.29, 1.82) is 0 Å². The van der Waals surface area contributed by atoms with Gasteiger partial charge < -0.3 is 10.5 Å². The van der Waals surface area contributed by atoms with Crippen LogP contribution < -0.4 is 16.0 Å². The average Bonchev–Trinajstić information content (AvgIpc) is 2.16. The smallest absolute Gasteiger partial charge is 0.231 e. The maximum absolute atomic E-state index is 11.5. The Morgan fingerprint density at radius 3 is 2.50 bits per heavy atom. The van der Waals surface area contributed by atoms with Crippen LogP contribution in [0, 0.1) is 0 Å². The summed E-state index contributed by atoms with van der Waals surface area (Å²) in [5.41, 5.74) is 7.31. The van der Waals surface area contributed by atoms with Crippen LogP contribution in [0.5, 0.6) is 0 Å². The quantitative estimate of drug-likeness (QED) is 0.424. The second-order valence-corrected chi connectivity index (χ2v) is 5.35. The molecule has 0 unspecified atom stereocenters. The Morgan fingerprint density at radius 1 is 1.43 bits per heavy atom. The molecule has 6 nitrogen and oxygen atoms in total. The highest BCUT2D eigenvalue weighted by molar-refractivity contribution is 7.90. The van der Waals surface area contributed by atoms with Crippen LogP contribution >= 0.6 is 12.2 Å². The summed E-state index contributed by atoms with van der Waals surface area (Å²) in [5.74, 6) is 0. The normalized spacial score (nSPS) is 19.1. The number of sulfonamides is 1. The maximum atomic E-state index is 11.5. The van der Waals surface area contributed by atoms with Gasteiger partial charge in [-0.3, -0.25) is 5.43 Å². The molecule has 0 radical (unpaired) electrons. The zero-order chi connectivity index (χ0) is 10.6. The fourth-order valence-corrected chi connectivity index (χ4v) is 2.54. The summed E-state index contributed by atoms with van der Waals surface area (Å²) in [7, 11) is -3.39. The van der Waals surface area contributed by atoms with Crippen LogP contribution in [0.2, 0.25) is 0 Å². The second kappa shape index (κ2) is 4.87. The summed E-state index contributed by atoms with van der Waals surface area (Å²) in [6.45, 7) is 0.942. The minimum absolute atomic E-state index is 0.0966. The predicted octanol–water partition coefficient (Wildman–Crippen LogP) is -1.17. The number of hydrogen-bond acceptors (Lipinski definition) is 4. The fourth-order valence-electron chi connectivity index (χ4n) is 1.19. The van der Waals surface area contributed by atoms with Crippen LogP contribution in [0.25, 0.3) is 0 Å². The molecule has 14 heavy (non-hydrogen) atoms. The second-order valence-electron chi connectivity index (χ2n) is 2.95. The lowest BCUT2D eigenvalue weighted by molar-refractivity contribution is 0.0981. The van der Waals surface area contributed by atoms with Gasteiger partial charge in [0.1, 0.15) is 0 Å². The first-order chi connectivity index (χ1) is 6.52. The monoisotopic (exact) mass is 239 g/mol. The average molecular weight is 239 g/mol. The molecule has 0 aliphatic carbocycles. The maximum Gasteiger partial charge on any atom is 0.231 e. The lowest BCUT2D eigenvalue weighted by Gasteiger charge is -2.22. The van der Waals surface area contributed by atoms with E-state index in [1.807, 2.05) is 0 Å². The van der Waals surface area contributed by atoms with E-state index in [0.29, 0.717) is 26.1 Å². The van der Waals surface area contributed by atoms with Crippen molar-refractivity contribution in [1.82, 2.24) is 10.3 Å². The molecule has 0 atom stereocenters. The summed E-state index contributed by atoms with van der Waals surface area (Å²) < 4.78 is 28.1. The Kier molecular flexibility index (Phi) is 4.05. The van der Waals surface area contributed by atoms with E-state index in [0.717, 1.165) is 0 Å². The van der Waals surface area contributed by atoms with Crippen molar-refractivity contribution < 1.29 is 13.2 Å². The van der Waals surface area contributed by atoms with Gasteiger partial charge in [0.25, 0.3) is 0 Å². The SMILES string of the molecule is NC(=S)NNS(=O)(=O)C1CCOCC1. The third kappa shape index (κ3) is 3.37. The number of thiocarbonyl (C=S) groups is 1. The summed E-state index contributed by atoms with van der Waals surface area (Å²) in [4.78, 5) is 2.13. The van der Waals surface area contributed by atoms with E-state index in [1.54, 1.807) is 0 Å². The van der Waals surface area contributed by atoms with E-state index in [2.05, 4.69) is 22.5 Å². The van der Waals surface area contributed by atoms with Gasteiger partial charge in [0.2, 0.25) is 10.0 Å². The molecule has 0 amide bonds. The lowest BCUT2D eigenvalue weighted by atomic mass is 10.2. The van der Waals surface area contributed by atoms with E-state index >= 15 is 0 Å². The largest absolute Gasteiger partial charge is 0.381 e. The Balaban J connectivity index is 2.50. The molecule has 1 heterocycles. The van der Waals surface area contributed by atoms with Crippen molar-refractivity contribution in [3.8, 4) is 0 Å². The molecular weight excluding hydrogens is 226 g/mol. The molecule has 0 aromatic rings. The summed E-state index contributed by atoms with van der Waals surface area (Å²) in [6, 6.07) is 0. The Bertz CT molecular complexity index is 297. The summed E-state index contributed by atoms with van der Waals surface area (Å²) >= 11 is 4.48. The summed E-state index contributed by atoms with van der Waals surface area (Å²) in [5, 5.41) is -0.529. The van der Waals surface area contributed by atoms with Crippen molar-refractivity contribution in [3.63, 3.8) is 0 Å². The van der Waals surface area contributed by atoms with Gasteiger partial charge in [-0.2, -0.15) is 0 Å². The number of nitrogens with one attached hydrogen (secondary N) is 2. The first-order valence-electron chi connectivity index (χ1n) is 4.16. The van der Waals surface area contributed by atoms with Crippen molar-refractivity contribution in [2.24, 2.45) is 5.73 Å². The van der Waals surface area contributed by atoms with Gasteiger partial charge in [-0.25, -0.2) is 8.42 Å². The van der Waals surface area contributed by atoms with Gasteiger partial charge in [0.05, 0.1) is 5.25 Å². The first kappa shape index (κ1) is 11.6. The molecule has 0 spiro atoms. The molecule has 1 saturated heterocycles. The number of hydrazine groups is 1. The fraction of sp³-hybridized carbons (Fsp3) is 0.833. The van der Waals surface area contributed by atoms with Gasteiger partial charge in [-0.15, -0.1) is 4.83 Å². The van der Waals surface area contributed by atoms with Crippen LogP contribution in [-0.4, -0.2) is 32.0 Å². The highest BCUT2D eigenvalue weighted by Crippen LogP contribution is 2.13. The Morgan fingerprint density at radius 2 is 2.00 bits per heavy atom. The van der Waals surface area contributed by atoms with Gasteiger partial charge >= 0.3 is 0 Å². The molecule has 4 N–H and O–H groups in total. The summed E-state index contributed by atoms with van der Waals surface area (Å²) in [6.07, 6.45) is 0.989. The van der Waals surface area contributed by atoms with Crippen LogP contribution in [-0.2, 0) is 14.8 Å². The molecule has 8 heteroatoms. The predicted molar refractivity (Wildman–Crippen MR) is 55.8 cm³/mol. The van der Waals surface area contributed by atoms with Crippen LogP contribution in [0.3, 0.4) is 0 Å². The number of rotatable bonds is 3. The topological polar surface area (TPSA) is 93.5 Å². The number of ether oxygens (including phenoxy) is 1. The zero-order valence-electron chi connectivity index (χ0n) is 7.52. The minimum atomic E-state index is -3.39. The van der Waals surface area contributed by atoms with Gasteiger partial charge in [0, 0.05) is 13.2 Å². The lowest BCUT2D eigenvalue weighted by Crippen LogP contribution is -2.49. The third-order valence-electron chi connectivity index (χ3n) is 1.92. The number of hydrogen-bond donors (Lipinski definition) is 3. The van der Waals surface area contributed by atoms with Gasteiger partial charge in [-0.05, 0) is 25.1 Å². The van der Waals surface area contributed by atoms with E-state index in [9.17, 15) is 8.42 Å². The van der Waals surface area contributed by atoms with E-state index in [-0.39, 0.29) is 5.11 Å². The molecule has 0 bridgehead atoms. The molecule has 1 fully saturated rings. The van der Waals surface area contributed by atoms with Crippen LogP contribution in [0.1, 0.15) is 12.8 Å². The molecule has 0 aromatic heterocycles. The van der Waals surface area contributed by atoms with Crippen molar-refractivity contribution in [3.05, 3.63) is 0 Å². The van der Waals surface area contributed by atoms with E-state index in [4.69, 9.17) is 10.5 Å². The molecule has 0 aromatic carbocycles. The molecule has 1 rings (SSSR count). The van der Waals surface area contributed by atoms with Crippen LogP contribution in [0.4, 0.5) is 0 Å². The Hall–Kier alpha value is -0.440. The third-order valence-corrected chi connectivity index (χ3v) is 3.76. The molecule has 1 aliphatic heterocycles. The van der Waals surface area contributed by atoms with Crippen LogP contribution in [0.15, 0.2) is 0 Å². The highest BCUT2D eigenvalue weighted by atomic mass is 32.2. The van der Waals surface area contributed by atoms with E-state index in [1.165, 1.54) is 0 Å². The zero-order valence-corrected chi connectivity index (χ0v) is 9.16. The van der Waals surface area contributed by atoms with E-state index < -0.39 is 15.3 Å². The Labute approximate surface area is 88.2 Å². The molecular formula is C6H13N3O3S2. The van der Waals surface area contributed by atoms with Gasteiger partial charge in [-0.1, -0.05) is 0 Å². The minimum Gasteiger partial charge on any atom is -0.381 e. The standard InChI is InChI=1S/C6H13N3O3S2/c7-6(13)8-9-14(10,11)5-1-3-12-4-2-5/h5,9H,1-4H2,(H3,7,8,13). The van der Waals surface area contributed by atoms with Crippen molar-refractivity contribution in [2.75, 3.05) is 13.2 Å². The van der Waals surface area contributed by atoms with Gasteiger partial charge in [0.15, 0.2) is 5.11 Å². The highest BCUT2D eigenvalue weighted by Gasteiger charge is 2.27. The molecule has 82 valence electrons. The molecule has 1 aliphatic rings. The molecule has 0 saturated carbocycles. The van der Waals surface area contributed by atoms with Crippen molar-refractivity contribution >= 4 is 27.4 Å². The van der Waals surface area contributed by atoms with Crippen molar-refractivity contribution in [2.45, 2.75) is 18.1 Å².